The van der Waals surface area contributed by atoms with Gasteiger partial charge in [-0.05, 0) is 24.3 Å². The number of ether oxygens (including phenoxy) is 3. The number of benzene rings is 2. The molecule has 6 nitrogen and oxygen atoms in total. The zero-order valence-corrected chi connectivity index (χ0v) is 15.4. The van der Waals surface area contributed by atoms with Gasteiger partial charge < -0.3 is 14.2 Å². The van der Waals surface area contributed by atoms with Crippen LogP contribution in [0.15, 0.2) is 47.6 Å². The third kappa shape index (κ3) is 3.22. The summed E-state index contributed by atoms with van der Waals surface area (Å²) in [5.41, 5.74) is 2.65. The largest absolute Gasteiger partial charge is 0.496 e. The maximum atomic E-state index is 12.2. The van der Waals surface area contributed by atoms with E-state index in [-0.39, 0.29) is 11.9 Å². The van der Waals surface area contributed by atoms with Crippen LogP contribution in [-0.4, -0.2) is 38.0 Å². The van der Waals surface area contributed by atoms with Crippen LogP contribution in [-0.2, 0) is 4.79 Å². The Kier molecular flexibility index (Phi) is 5.11. The van der Waals surface area contributed by atoms with Crippen LogP contribution in [0, 0.1) is 0 Å². The minimum Gasteiger partial charge on any atom is -0.496 e. The van der Waals surface area contributed by atoms with Gasteiger partial charge in [0.25, 0.3) is 0 Å². The van der Waals surface area contributed by atoms with Crippen molar-refractivity contribution in [3.8, 4) is 17.2 Å². The van der Waals surface area contributed by atoms with Crippen LogP contribution in [0.25, 0.3) is 0 Å². The molecule has 1 aliphatic heterocycles. The lowest BCUT2D eigenvalue weighted by Crippen LogP contribution is -2.24. The summed E-state index contributed by atoms with van der Waals surface area (Å²) < 4.78 is 16.1. The average molecular weight is 354 g/mol. The van der Waals surface area contributed by atoms with Crippen molar-refractivity contribution in [1.29, 1.82) is 0 Å². The minimum absolute atomic E-state index is 0.114. The first kappa shape index (κ1) is 17.8. The van der Waals surface area contributed by atoms with Crippen molar-refractivity contribution in [2.75, 3.05) is 21.3 Å². The van der Waals surface area contributed by atoms with E-state index in [0.29, 0.717) is 17.9 Å². The summed E-state index contributed by atoms with van der Waals surface area (Å²) in [4.78, 5) is 12.2. The highest BCUT2D eigenvalue weighted by molar-refractivity contribution is 6.03. The first-order chi connectivity index (χ1) is 12.6. The van der Waals surface area contributed by atoms with E-state index in [0.717, 1.165) is 22.6 Å². The fourth-order valence-electron chi connectivity index (χ4n) is 3.17. The van der Waals surface area contributed by atoms with Crippen LogP contribution in [0.4, 0.5) is 0 Å². The number of hydrogen-bond donors (Lipinski definition) is 0. The Bertz CT molecular complexity index is 847. The van der Waals surface area contributed by atoms with Gasteiger partial charge in [0.1, 0.15) is 5.75 Å². The fraction of sp³-hybridized carbons (Fsp3) is 0.300. The SMILES string of the molecule is COc1ccc(C2=NN(C(C)=O)[C@@H](c3ccccc3OC)C2)cc1OC. The lowest BCUT2D eigenvalue weighted by atomic mass is 9.97. The predicted molar refractivity (Wildman–Crippen MR) is 99.0 cm³/mol. The Labute approximate surface area is 153 Å². The molecule has 2 aromatic carbocycles. The van der Waals surface area contributed by atoms with Crippen LogP contribution in [0.1, 0.15) is 30.5 Å². The number of nitrogens with zero attached hydrogens (tertiary/aromatic N) is 2. The van der Waals surface area contributed by atoms with Crippen molar-refractivity contribution in [2.24, 2.45) is 5.10 Å². The van der Waals surface area contributed by atoms with Crippen molar-refractivity contribution < 1.29 is 19.0 Å². The second kappa shape index (κ2) is 7.47. The van der Waals surface area contributed by atoms with Gasteiger partial charge in [-0.15, -0.1) is 0 Å². The van der Waals surface area contributed by atoms with Crippen molar-refractivity contribution >= 4 is 11.6 Å². The number of carbonyl (C=O) groups is 1. The van der Waals surface area contributed by atoms with Crippen LogP contribution in [0.3, 0.4) is 0 Å². The first-order valence-electron chi connectivity index (χ1n) is 8.31. The predicted octanol–water partition coefficient (Wildman–Crippen LogP) is 3.41. The molecule has 6 heteroatoms. The minimum atomic E-state index is -0.202. The molecule has 2 aromatic rings. The standard InChI is InChI=1S/C20H22N2O4/c1-13(23)22-17(15-7-5-6-8-18(15)24-2)12-16(21-22)14-9-10-19(25-3)20(11-14)26-4/h5-11,17H,12H2,1-4H3/t17-/m1/s1. The topological polar surface area (TPSA) is 60.4 Å². The molecular weight excluding hydrogens is 332 g/mol. The quantitative estimate of drug-likeness (QED) is 0.826. The monoisotopic (exact) mass is 354 g/mol. The number of hydrogen-bond acceptors (Lipinski definition) is 5. The van der Waals surface area contributed by atoms with Gasteiger partial charge in [0.15, 0.2) is 11.5 Å². The highest BCUT2D eigenvalue weighted by Crippen LogP contribution is 2.38. The van der Waals surface area contributed by atoms with E-state index in [4.69, 9.17) is 14.2 Å². The molecule has 0 unspecified atom stereocenters. The summed E-state index contributed by atoms with van der Waals surface area (Å²) in [6.07, 6.45) is 0.593. The lowest BCUT2D eigenvalue weighted by molar-refractivity contribution is -0.130. The zero-order valence-electron chi connectivity index (χ0n) is 15.4. The number of carbonyl (C=O) groups excluding carboxylic acids is 1. The van der Waals surface area contributed by atoms with Gasteiger partial charge in [-0.1, -0.05) is 18.2 Å². The first-order valence-corrected chi connectivity index (χ1v) is 8.31. The summed E-state index contributed by atoms with van der Waals surface area (Å²) in [5.74, 6) is 1.91. The van der Waals surface area contributed by atoms with Crippen LogP contribution in [0.5, 0.6) is 17.2 Å². The molecule has 0 aliphatic carbocycles. The molecule has 3 rings (SSSR count). The highest BCUT2D eigenvalue weighted by Gasteiger charge is 2.33. The Balaban J connectivity index is 1.98. The van der Waals surface area contributed by atoms with Gasteiger partial charge in [0.2, 0.25) is 5.91 Å². The maximum absolute atomic E-state index is 12.2. The number of amides is 1. The van der Waals surface area contributed by atoms with E-state index in [1.165, 1.54) is 11.9 Å². The van der Waals surface area contributed by atoms with E-state index >= 15 is 0 Å². The molecule has 0 spiro atoms. The van der Waals surface area contributed by atoms with Gasteiger partial charge >= 0.3 is 0 Å². The molecule has 1 aliphatic rings. The van der Waals surface area contributed by atoms with Crippen molar-refractivity contribution in [2.45, 2.75) is 19.4 Å². The van der Waals surface area contributed by atoms with Crippen molar-refractivity contribution in [1.82, 2.24) is 5.01 Å². The molecule has 0 fully saturated rings. The second-order valence-electron chi connectivity index (χ2n) is 5.94. The third-order valence-corrected chi connectivity index (χ3v) is 4.45. The number of rotatable bonds is 5. The van der Waals surface area contributed by atoms with Crippen molar-refractivity contribution in [3.63, 3.8) is 0 Å². The Morgan fingerprint density at radius 1 is 1.00 bits per heavy atom. The van der Waals surface area contributed by atoms with E-state index < -0.39 is 0 Å². The third-order valence-electron chi connectivity index (χ3n) is 4.45. The Hall–Kier alpha value is -3.02. The molecule has 0 saturated carbocycles. The molecule has 136 valence electrons. The molecule has 0 radical (unpaired) electrons. The Morgan fingerprint density at radius 3 is 2.35 bits per heavy atom. The molecule has 0 saturated heterocycles. The molecule has 1 amide bonds. The molecule has 26 heavy (non-hydrogen) atoms. The molecule has 0 aromatic heterocycles. The smallest absolute Gasteiger partial charge is 0.240 e. The average Bonchev–Trinajstić information content (AvgIpc) is 3.13. The number of hydrazone groups is 1. The summed E-state index contributed by atoms with van der Waals surface area (Å²) in [6, 6.07) is 13.1. The molecule has 0 N–H and O–H groups in total. The molecule has 1 atom stereocenters. The van der Waals surface area contributed by atoms with Crippen LogP contribution in [0.2, 0.25) is 0 Å². The van der Waals surface area contributed by atoms with Gasteiger partial charge in [-0.2, -0.15) is 5.10 Å². The van der Waals surface area contributed by atoms with E-state index in [1.54, 1.807) is 21.3 Å². The van der Waals surface area contributed by atoms with Gasteiger partial charge in [0.05, 0.1) is 33.1 Å². The van der Waals surface area contributed by atoms with Gasteiger partial charge in [-0.25, -0.2) is 5.01 Å². The van der Waals surface area contributed by atoms with E-state index in [1.807, 2.05) is 42.5 Å². The summed E-state index contributed by atoms with van der Waals surface area (Å²) in [6.45, 7) is 1.52. The maximum Gasteiger partial charge on any atom is 0.240 e. The summed E-state index contributed by atoms with van der Waals surface area (Å²) >= 11 is 0. The van der Waals surface area contributed by atoms with Gasteiger partial charge in [-0.3, -0.25) is 4.79 Å². The zero-order chi connectivity index (χ0) is 18.7. The molecule has 1 heterocycles. The Morgan fingerprint density at radius 2 is 1.69 bits per heavy atom. The van der Waals surface area contributed by atoms with Crippen molar-refractivity contribution in [3.05, 3.63) is 53.6 Å². The fourth-order valence-corrected chi connectivity index (χ4v) is 3.17. The van der Waals surface area contributed by atoms with E-state index in [9.17, 15) is 4.79 Å². The lowest BCUT2D eigenvalue weighted by Gasteiger charge is -2.22. The summed E-state index contributed by atoms with van der Waals surface area (Å²) in [5, 5.41) is 6.09. The molecular formula is C20H22N2O4. The van der Waals surface area contributed by atoms with Gasteiger partial charge in [0, 0.05) is 24.5 Å². The second-order valence-corrected chi connectivity index (χ2v) is 5.94. The highest BCUT2D eigenvalue weighted by atomic mass is 16.5. The number of para-hydroxylation sites is 1. The molecule has 0 bridgehead atoms. The van der Waals surface area contributed by atoms with Crippen LogP contribution < -0.4 is 14.2 Å². The van der Waals surface area contributed by atoms with E-state index in [2.05, 4.69) is 5.10 Å². The van der Waals surface area contributed by atoms with Crippen LogP contribution >= 0.6 is 0 Å². The normalized spacial score (nSPS) is 16.2. The number of methoxy groups -OCH3 is 3. The summed E-state index contributed by atoms with van der Waals surface area (Å²) in [7, 11) is 4.82.